The number of amides is 1. The lowest BCUT2D eigenvalue weighted by Gasteiger charge is -2.22. The van der Waals surface area contributed by atoms with Crippen LogP contribution in [0.2, 0.25) is 0 Å². The highest BCUT2D eigenvalue weighted by atomic mass is 16.6. The first-order valence-corrected chi connectivity index (χ1v) is 8.96. The number of rotatable bonds is 5. The second kappa shape index (κ2) is 8.88. The van der Waals surface area contributed by atoms with E-state index in [-0.39, 0.29) is 31.5 Å². The van der Waals surface area contributed by atoms with Crippen molar-refractivity contribution in [2.75, 3.05) is 13.7 Å². The standard InChI is InChI=1S/C20H27NO6/c1-20(2,3)27-17(22)11-15-10-16(18(23)25-4)21(12-15)19(24)26-13-14-8-6-5-7-9-14/h5-9,15-16H,10-13H2,1-4H3/t15-,16-/m0/s1. The lowest BCUT2D eigenvalue weighted by atomic mass is 10.0. The van der Waals surface area contributed by atoms with Crippen LogP contribution in [0, 0.1) is 5.92 Å². The molecule has 1 heterocycles. The zero-order chi connectivity index (χ0) is 20.0. The molecule has 2 atom stereocenters. The molecule has 0 spiro atoms. The lowest BCUT2D eigenvalue weighted by molar-refractivity contribution is -0.156. The van der Waals surface area contributed by atoms with E-state index in [4.69, 9.17) is 14.2 Å². The minimum Gasteiger partial charge on any atom is -0.467 e. The van der Waals surface area contributed by atoms with Gasteiger partial charge < -0.3 is 14.2 Å². The number of hydrogen-bond donors (Lipinski definition) is 0. The van der Waals surface area contributed by atoms with Gasteiger partial charge in [0.15, 0.2) is 0 Å². The molecular formula is C20H27NO6. The molecule has 1 saturated heterocycles. The van der Waals surface area contributed by atoms with E-state index in [1.54, 1.807) is 20.8 Å². The van der Waals surface area contributed by atoms with Gasteiger partial charge in [-0.3, -0.25) is 9.69 Å². The topological polar surface area (TPSA) is 82.1 Å². The third kappa shape index (κ3) is 6.27. The van der Waals surface area contributed by atoms with Crippen LogP contribution < -0.4 is 0 Å². The number of nitrogens with zero attached hydrogens (tertiary/aromatic N) is 1. The fourth-order valence-electron chi connectivity index (χ4n) is 3.05. The zero-order valence-corrected chi connectivity index (χ0v) is 16.3. The van der Waals surface area contributed by atoms with E-state index in [0.29, 0.717) is 6.42 Å². The summed E-state index contributed by atoms with van der Waals surface area (Å²) in [7, 11) is 1.27. The summed E-state index contributed by atoms with van der Waals surface area (Å²) >= 11 is 0. The second-order valence-electron chi connectivity index (χ2n) is 7.62. The number of methoxy groups -OCH3 is 1. The molecular weight excluding hydrogens is 350 g/mol. The number of carbonyl (C=O) groups is 3. The molecule has 1 aromatic rings. The summed E-state index contributed by atoms with van der Waals surface area (Å²) in [4.78, 5) is 38.0. The Morgan fingerprint density at radius 1 is 1.15 bits per heavy atom. The number of benzene rings is 1. The molecule has 0 saturated carbocycles. The van der Waals surface area contributed by atoms with Crippen LogP contribution in [0.5, 0.6) is 0 Å². The smallest absolute Gasteiger partial charge is 0.410 e. The van der Waals surface area contributed by atoms with Crippen molar-refractivity contribution >= 4 is 18.0 Å². The normalized spacial score (nSPS) is 19.5. The van der Waals surface area contributed by atoms with Gasteiger partial charge in [0.1, 0.15) is 18.2 Å². The molecule has 27 heavy (non-hydrogen) atoms. The van der Waals surface area contributed by atoms with Crippen molar-refractivity contribution in [1.29, 1.82) is 0 Å². The van der Waals surface area contributed by atoms with Crippen molar-refractivity contribution in [3.05, 3.63) is 35.9 Å². The Morgan fingerprint density at radius 3 is 2.41 bits per heavy atom. The SMILES string of the molecule is COC(=O)[C@@H]1C[C@@H](CC(=O)OC(C)(C)C)CN1C(=O)OCc1ccccc1. The predicted octanol–water partition coefficient (Wildman–Crippen LogP) is 2.92. The average Bonchev–Trinajstić information content (AvgIpc) is 3.02. The molecule has 1 fully saturated rings. The summed E-state index contributed by atoms with van der Waals surface area (Å²) in [5.41, 5.74) is 0.274. The summed E-state index contributed by atoms with van der Waals surface area (Å²) in [6.07, 6.45) is -0.125. The van der Waals surface area contributed by atoms with Crippen LogP contribution in [0.3, 0.4) is 0 Å². The minimum absolute atomic E-state index is 0.112. The van der Waals surface area contributed by atoms with E-state index >= 15 is 0 Å². The zero-order valence-electron chi connectivity index (χ0n) is 16.3. The van der Waals surface area contributed by atoms with Crippen LogP contribution in [0.15, 0.2) is 30.3 Å². The van der Waals surface area contributed by atoms with Crippen molar-refractivity contribution in [3.63, 3.8) is 0 Å². The van der Waals surface area contributed by atoms with E-state index in [9.17, 15) is 14.4 Å². The number of ether oxygens (including phenoxy) is 3. The first-order valence-electron chi connectivity index (χ1n) is 8.96. The summed E-state index contributed by atoms with van der Waals surface area (Å²) in [5, 5.41) is 0. The third-order valence-electron chi connectivity index (χ3n) is 4.18. The maximum atomic E-state index is 12.5. The molecule has 1 aliphatic rings. The molecule has 148 valence electrons. The van der Waals surface area contributed by atoms with Crippen LogP contribution in [0.25, 0.3) is 0 Å². The van der Waals surface area contributed by atoms with Gasteiger partial charge >= 0.3 is 18.0 Å². The number of likely N-dealkylation sites (tertiary alicyclic amines) is 1. The Labute approximate surface area is 159 Å². The van der Waals surface area contributed by atoms with Gasteiger partial charge in [0.05, 0.1) is 13.5 Å². The van der Waals surface area contributed by atoms with Crippen LogP contribution >= 0.6 is 0 Å². The quantitative estimate of drug-likeness (QED) is 0.580. The van der Waals surface area contributed by atoms with Crippen LogP contribution in [-0.2, 0) is 30.4 Å². The highest BCUT2D eigenvalue weighted by Gasteiger charge is 2.42. The molecule has 0 aliphatic carbocycles. The van der Waals surface area contributed by atoms with E-state index < -0.39 is 23.7 Å². The molecule has 0 radical (unpaired) electrons. The molecule has 7 nitrogen and oxygen atoms in total. The Kier molecular flexibility index (Phi) is 6.82. The fraction of sp³-hybridized carbons (Fsp3) is 0.550. The Balaban J connectivity index is 1.98. The van der Waals surface area contributed by atoms with E-state index in [0.717, 1.165) is 5.56 Å². The molecule has 0 N–H and O–H groups in total. The summed E-state index contributed by atoms with van der Waals surface area (Å²) in [6, 6.07) is 8.52. The molecule has 1 aliphatic heterocycles. The summed E-state index contributed by atoms with van der Waals surface area (Å²) < 4.78 is 15.5. The van der Waals surface area contributed by atoms with Gasteiger partial charge in [-0.05, 0) is 38.7 Å². The highest BCUT2D eigenvalue weighted by Crippen LogP contribution is 2.28. The van der Waals surface area contributed by atoms with Crippen molar-refractivity contribution in [2.45, 2.75) is 51.9 Å². The Hall–Kier alpha value is -2.57. The molecule has 1 amide bonds. The molecule has 0 unspecified atom stereocenters. The van der Waals surface area contributed by atoms with Crippen molar-refractivity contribution in [1.82, 2.24) is 4.90 Å². The van der Waals surface area contributed by atoms with Crippen LogP contribution in [0.1, 0.15) is 39.2 Å². The minimum atomic E-state index is -0.759. The van der Waals surface area contributed by atoms with E-state index in [1.807, 2.05) is 30.3 Å². The molecule has 2 rings (SSSR count). The summed E-state index contributed by atoms with van der Waals surface area (Å²) in [5.74, 6) is -1.05. The van der Waals surface area contributed by atoms with Gasteiger partial charge in [0.2, 0.25) is 0 Å². The first-order chi connectivity index (χ1) is 12.7. The van der Waals surface area contributed by atoms with Gasteiger partial charge in [-0.15, -0.1) is 0 Å². The Morgan fingerprint density at radius 2 is 1.81 bits per heavy atom. The maximum absolute atomic E-state index is 12.5. The number of hydrogen-bond acceptors (Lipinski definition) is 6. The average molecular weight is 377 g/mol. The maximum Gasteiger partial charge on any atom is 0.410 e. The highest BCUT2D eigenvalue weighted by molar-refractivity contribution is 5.82. The molecule has 0 bridgehead atoms. The van der Waals surface area contributed by atoms with Crippen LogP contribution in [0.4, 0.5) is 4.79 Å². The Bertz CT molecular complexity index is 667. The largest absolute Gasteiger partial charge is 0.467 e. The number of esters is 2. The van der Waals surface area contributed by atoms with Crippen LogP contribution in [-0.4, -0.2) is 48.2 Å². The lowest BCUT2D eigenvalue weighted by Crippen LogP contribution is -2.41. The van der Waals surface area contributed by atoms with Gasteiger partial charge in [-0.1, -0.05) is 30.3 Å². The summed E-state index contributed by atoms with van der Waals surface area (Å²) in [6.45, 7) is 5.74. The number of carbonyl (C=O) groups excluding carboxylic acids is 3. The first kappa shape index (κ1) is 20.7. The van der Waals surface area contributed by atoms with Crippen molar-refractivity contribution in [3.8, 4) is 0 Å². The van der Waals surface area contributed by atoms with Gasteiger partial charge in [-0.2, -0.15) is 0 Å². The van der Waals surface area contributed by atoms with Crippen molar-refractivity contribution in [2.24, 2.45) is 5.92 Å². The third-order valence-corrected chi connectivity index (χ3v) is 4.18. The van der Waals surface area contributed by atoms with E-state index in [1.165, 1.54) is 12.0 Å². The predicted molar refractivity (Wildman–Crippen MR) is 97.7 cm³/mol. The van der Waals surface area contributed by atoms with Gasteiger partial charge in [-0.25, -0.2) is 9.59 Å². The van der Waals surface area contributed by atoms with Gasteiger partial charge in [0, 0.05) is 6.54 Å². The monoisotopic (exact) mass is 377 g/mol. The van der Waals surface area contributed by atoms with Gasteiger partial charge in [0.25, 0.3) is 0 Å². The molecule has 0 aromatic heterocycles. The molecule has 7 heteroatoms. The fourth-order valence-corrected chi connectivity index (χ4v) is 3.05. The second-order valence-corrected chi connectivity index (χ2v) is 7.62. The van der Waals surface area contributed by atoms with E-state index in [2.05, 4.69) is 0 Å². The van der Waals surface area contributed by atoms with Crippen molar-refractivity contribution < 1.29 is 28.6 Å². The molecule has 1 aromatic carbocycles.